The van der Waals surface area contributed by atoms with Gasteiger partial charge in [0.15, 0.2) is 17.2 Å². The van der Waals surface area contributed by atoms with Crippen molar-refractivity contribution in [3.05, 3.63) is 69.7 Å². The smallest absolute Gasteiger partial charge is 0.209 e. The zero-order chi connectivity index (χ0) is 27.7. The Morgan fingerprint density at radius 2 is 1.74 bits per heavy atom. The van der Waals surface area contributed by atoms with Gasteiger partial charge in [0.25, 0.3) is 0 Å². The number of aliphatic hydroxyl groups excluding tert-OH is 2. The number of ether oxygens (including phenoxy) is 1. The lowest BCUT2D eigenvalue weighted by Crippen LogP contribution is -2.56. The van der Waals surface area contributed by atoms with E-state index in [9.17, 15) is 34.8 Å². The first-order valence-corrected chi connectivity index (χ1v) is 12.6. The molecule has 0 saturated heterocycles. The van der Waals surface area contributed by atoms with E-state index in [4.69, 9.17) is 4.74 Å². The van der Waals surface area contributed by atoms with Crippen molar-refractivity contribution in [3.63, 3.8) is 0 Å². The molecule has 3 aliphatic carbocycles. The highest BCUT2D eigenvalue weighted by molar-refractivity contribution is 6.25. The first-order valence-electron chi connectivity index (χ1n) is 12.6. The first-order chi connectivity index (χ1) is 17.9. The summed E-state index contributed by atoms with van der Waals surface area (Å²) >= 11 is 0. The number of Topliss-reactive ketones (excluding diaryl/α,β-unsaturated/α-hetero) is 3. The monoisotopic (exact) mass is 518 g/mol. The molecule has 3 aliphatic rings. The summed E-state index contributed by atoms with van der Waals surface area (Å²) in [6, 6.07) is 8.91. The zero-order valence-electron chi connectivity index (χ0n) is 21.7. The van der Waals surface area contributed by atoms with Gasteiger partial charge in [0, 0.05) is 23.5 Å². The molecule has 0 bridgehead atoms. The fourth-order valence-corrected chi connectivity index (χ4v) is 6.33. The van der Waals surface area contributed by atoms with Crippen LogP contribution in [0.15, 0.2) is 53.0 Å². The van der Waals surface area contributed by atoms with Gasteiger partial charge in [0.2, 0.25) is 5.78 Å². The van der Waals surface area contributed by atoms with Crippen molar-refractivity contribution in [1.82, 2.24) is 0 Å². The molecule has 3 unspecified atom stereocenters. The maximum Gasteiger partial charge on any atom is 0.209 e. The van der Waals surface area contributed by atoms with Gasteiger partial charge in [-0.1, -0.05) is 26.0 Å². The van der Waals surface area contributed by atoms with Crippen LogP contribution in [-0.4, -0.2) is 50.5 Å². The lowest BCUT2D eigenvalue weighted by atomic mass is 9.59. The summed E-state index contributed by atoms with van der Waals surface area (Å²) in [7, 11) is 1.55. The van der Waals surface area contributed by atoms with E-state index in [1.54, 1.807) is 31.4 Å². The summed E-state index contributed by atoms with van der Waals surface area (Å²) in [6.07, 6.45) is 0.264. The normalized spacial score (nSPS) is 24.8. The molecule has 0 heterocycles. The lowest BCUT2D eigenvalue weighted by molar-refractivity contribution is -0.144. The Hall–Kier alpha value is -3.91. The van der Waals surface area contributed by atoms with Gasteiger partial charge in [0.1, 0.15) is 28.6 Å². The summed E-state index contributed by atoms with van der Waals surface area (Å²) in [5.74, 6) is -4.77. The van der Waals surface area contributed by atoms with Crippen LogP contribution in [0, 0.1) is 11.8 Å². The van der Waals surface area contributed by atoms with Crippen LogP contribution < -0.4 is 4.74 Å². The predicted molar refractivity (Wildman–Crippen MR) is 138 cm³/mol. The van der Waals surface area contributed by atoms with E-state index in [0.717, 1.165) is 12.5 Å². The van der Waals surface area contributed by atoms with Gasteiger partial charge in [-0.3, -0.25) is 14.4 Å². The molecule has 8 nitrogen and oxygen atoms in total. The van der Waals surface area contributed by atoms with Crippen LogP contribution in [0.1, 0.15) is 61.0 Å². The van der Waals surface area contributed by atoms with E-state index >= 15 is 0 Å². The van der Waals surface area contributed by atoms with Crippen LogP contribution in [0.2, 0.25) is 0 Å². The van der Waals surface area contributed by atoms with Crippen molar-refractivity contribution in [2.45, 2.75) is 51.6 Å². The Labute approximate surface area is 219 Å². The molecule has 3 atom stereocenters. The Balaban J connectivity index is 1.71. The summed E-state index contributed by atoms with van der Waals surface area (Å²) < 4.78 is 5.22. The van der Waals surface area contributed by atoms with E-state index < -0.39 is 51.9 Å². The number of phenolic OH excluding ortho intramolecular Hbond substituents is 1. The number of hydrogen-bond acceptors (Lipinski definition) is 8. The maximum atomic E-state index is 14.0. The molecule has 2 aromatic carbocycles. The Kier molecular flexibility index (Phi) is 5.98. The second kappa shape index (κ2) is 8.84. The molecule has 0 amide bonds. The van der Waals surface area contributed by atoms with Crippen LogP contribution in [0.3, 0.4) is 0 Å². The van der Waals surface area contributed by atoms with Crippen LogP contribution in [0.4, 0.5) is 0 Å². The number of ketones is 3. The highest BCUT2D eigenvalue weighted by Crippen LogP contribution is 2.53. The number of benzene rings is 2. The van der Waals surface area contributed by atoms with E-state index in [0.29, 0.717) is 28.9 Å². The standard InChI is InChI=1S/C30H30O8/c1-13(2)19-12-20(15-5-7-18(38-4)8-6-15)26(33)25-21(19)10-16-9-17-11-22(32)23(14(3)31)28(35)30(17,37)29(36)24(16)27(25)34/h5-8,12-13,16-17,32-33,36-37H,9-11H2,1-4H3. The van der Waals surface area contributed by atoms with Crippen molar-refractivity contribution in [2.75, 3.05) is 7.11 Å². The number of phenols is 1. The van der Waals surface area contributed by atoms with E-state index in [2.05, 4.69) is 0 Å². The molecule has 0 spiro atoms. The SMILES string of the molecule is COc1ccc(-c2cc(C(C)C)c3c(c2O)C(=O)C2=C(O)C4(O)C(=O)C(C(C)=O)=C(O)CC4CC2C3)cc1. The van der Waals surface area contributed by atoms with Crippen molar-refractivity contribution >= 4 is 17.3 Å². The molecule has 0 aliphatic heterocycles. The van der Waals surface area contributed by atoms with Gasteiger partial charge < -0.3 is 25.2 Å². The molecule has 2 aromatic rings. The number of carbonyl (C=O) groups is 3. The Morgan fingerprint density at radius 3 is 2.32 bits per heavy atom. The third-order valence-corrected chi connectivity index (χ3v) is 8.23. The number of rotatable bonds is 4. The summed E-state index contributed by atoms with van der Waals surface area (Å²) in [6.45, 7) is 5.07. The highest BCUT2D eigenvalue weighted by atomic mass is 16.5. The molecule has 0 aromatic heterocycles. The largest absolute Gasteiger partial charge is 0.511 e. The van der Waals surface area contributed by atoms with Crippen molar-refractivity contribution in [2.24, 2.45) is 11.8 Å². The topological polar surface area (TPSA) is 141 Å². The van der Waals surface area contributed by atoms with Crippen LogP contribution in [0.25, 0.3) is 11.1 Å². The minimum Gasteiger partial charge on any atom is -0.511 e. The van der Waals surface area contributed by atoms with Gasteiger partial charge in [-0.05, 0) is 66.5 Å². The molecule has 38 heavy (non-hydrogen) atoms. The molecule has 0 fully saturated rings. The van der Waals surface area contributed by atoms with Gasteiger partial charge in [-0.25, -0.2) is 0 Å². The lowest BCUT2D eigenvalue weighted by Gasteiger charge is -2.46. The third-order valence-electron chi connectivity index (χ3n) is 8.23. The molecule has 5 rings (SSSR count). The number of aromatic hydroxyl groups is 1. The number of methoxy groups -OCH3 is 1. The molecule has 198 valence electrons. The van der Waals surface area contributed by atoms with Gasteiger partial charge in [-0.15, -0.1) is 0 Å². The number of hydrogen-bond donors (Lipinski definition) is 4. The van der Waals surface area contributed by atoms with E-state index in [-0.39, 0.29) is 35.6 Å². The fraction of sp³-hybridized carbons (Fsp3) is 0.367. The number of fused-ring (bicyclic) bond motifs is 3. The number of allylic oxidation sites excluding steroid dienone is 2. The summed E-state index contributed by atoms with van der Waals surface area (Å²) in [5.41, 5.74) is -0.523. The zero-order valence-corrected chi connectivity index (χ0v) is 21.7. The predicted octanol–water partition coefficient (Wildman–Crippen LogP) is 4.48. The second-order valence-electron chi connectivity index (χ2n) is 10.7. The molecule has 4 N–H and O–H groups in total. The second-order valence-corrected chi connectivity index (χ2v) is 10.7. The number of carbonyl (C=O) groups excluding carboxylic acids is 3. The molecule has 0 radical (unpaired) electrons. The molecular formula is C30H30O8. The molecular weight excluding hydrogens is 488 g/mol. The van der Waals surface area contributed by atoms with Crippen molar-refractivity contribution in [3.8, 4) is 22.6 Å². The first kappa shape index (κ1) is 25.7. The highest BCUT2D eigenvalue weighted by Gasteiger charge is 2.59. The average molecular weight is 519 g/mol. The van der Waals surface area contributed by atoms with Crippen molar-refractivity contribution in [1.29, 1.82) is 0 Å². The fourth-order valence-electron chi connectivity index (χ4n) is 6.33. The Morgan fingerprint density at radius 1 is 1.08 bits per heavy atom. The van der Waals surface area contributed by atoms with Crippen LogP contribution in [0.5, 0.6) is 11.5 Å². The van der Waals surface area contributed by atoms with Crippen LogP contribution in [-0.2, 0) is 16.0 Å². The summed E-state index contributed by atoms with van der Waals surface area (Å²) in [5, 5.41) is 44.6. The van der Waals surface area contributed by atoms with Crippen LogP contribution >= 0.6 is 0 Å². The minimum absolute atomic E-state index is 0.00941. The Bertz CT molecular complexity index is 1460. The maximum absolute atomic E-state index is 14.0. The third kappa shape index (κ3) is 3.50. The number of aliphatic hydroxyl groups is 3. The van der Waals surface area contributed by atoms with Gasteiger partial charge in [0.05, 0.1) is 12.7 Å². The van der Waals surface area contributed by atoms with E-state index in [1.807, 2.05) is 19.9 Å². The minimum atomic E-state index is -2.50. The van der Waals surface area contributed by atoms with E-state index in [1.165, 1.54) is 0 Å². The molecule has 8 heteroatoms. The summed E-state index contributed by atoms with van der Waals surface area (Å²) in [4.78, 5) is 39.3. The van der Waals surface area contributed by atoms with Gasteiger partial charge in [-0.2, -0.15) is 0 Å². The van der Waals surface area contributed by atoms with Crippen molar-refractivity contribution < 1.29 is 39.5 Å². The quantitative estimate of drug-likeness (QED) is 0.434. The average Bonchev–Trinajstić information content (AvgIpc) is 2.86. The van der Waals surface area contributed by atoms with Gasteiger partial charge >= 0.3 is 0 Å². The molecule has 0 saturated carbocycles.